The molecule has 30 heavy (non-hydrogen) atoms. The highest BCUT2D eigenvalue weighted by molar-refractivity contribution is 5.91. The number of carbonyl (C=O) groups is 1. The molecule has 0 saturated carbocycles. The van der Waals surface area contributed by atoms with Crippen LogP contribution >= 0.6 is 0 Å². The fourth-order valence-electron chi connectivity index (χ4n) is 3.04. The number of methoxy groups -OCH3 is 2. The van der Waals surface area contributed by atoms with Gasteiger partial charge in [-0.25, -0.2) is 9.97 Å². The third-order valence-corrected chi connectivity index (χ3v) is 4.32. The summed E-state index contributed by atoms with van der Waals surface area (Å²) in [6, 6.07) is 9.30. The molecule has 1 aromatic carbocycles. The van der Waals surface area contributed by atoms with Gasteiger partial charge in [0.15, 0.2) is 11.5 Å². The minimum absolute atomic E-state index is 0.131. The maximum atomic E-state index is 12.5. The summed E-state index contributed by atoms with van der Waals surface area (Å²) in [5, 5.41) is 10.4. The highest BCUT2D eigenvalue weighted by Gasteiger charge is 2.14. The lowest BCUT2D eigenvalue weighted by Crippen LogP contribution is -2.28. The molecule has 158 valence electrons. The van der Waals surface area contributed by atoms with Crippen molar-refractivity contribution in [3.63, 3.8) is 0 Å². The normalized spacial score (nSPS) is 10.7. The van der Waals surface area contributed by atoms with Crippen LogP contribution in [-0.2, 0) is 11.3 Å². The summed E-state index contributed by atoms with van der Waals surface area (Å²) < 4.78 is 12.1. The Labute approximate surface area is 175 Å². The fourth-order valence-corrected chi connectivity index (χ4v) is 3.04. The van der Waals surface area contributed by atoms with Crippen LogP contribution in [0.5, 0.6) is 11.5 Å². The third kappa shape index (κ3) is 5.12. The van der Waals surface area contributed by atoms with E-state index in [9.17, 15) is 4.79 Å². The quantitative estimate of drug-likeness (QED) is 0.587. The smallest absolute Gasteiger partial charge is 0.252 e. The molecule has 0 saturated heterocycles. The van der Waals surface area contributed by atoms with Gasteiger partial charge < -0.3 is 20.1 Å². The number of aryl methyl sites for hydroxylation is 3. The molecule has 9 nitrogen and oxygen atoms in total. The van der Waals surface area contributed by atoms with E-state index >= 15 is 0 Å². The van der Waals surface area contributed by atoms with E-state index in [1.807, 2.05) is 45.0 Å². The monoisotopic (exact) mass is 410 g/mol. The predicted molar refractivity (Wildman–Crippen MR) is 113 cm³/mol. The van der Waals surface area contributed by atoms with E-state index in [1.165, 1.54) is 0 Å². The molecule has 0 fully saturated rings. The summed E-state index contributed by atoms with van der Waals surface area (Å²) in [7, 11) is 3.18. The minimum atomic E-state index is -0.194. The second-order valence-corrected chi connectivity index (χ2v) is 6.87. The molecule has 3 aromatic rings. The van der Waals surface area contributed by atoms with Crippen molar-refractivity contribution in [2.45, 2.75) is 27.3 Å². The number of nitrogens with zero attached hydrogens (tertiary/aromatic N) is 4. The lowest BCUT2D eigenvalue weighted by molar-refractivity contribution is -0.115. The number of carbonyl (C=O) groups excluding carboxylic acids is 1. The standard InChI is InChI=1S/C21H26N6O3/c1-13-8-14(2)24-21(23-13)27-19(9-15(3)26-27)25-20(28)12-22-11-16-6-7-17(29-4)18(10-16)30-5/h6-10,22H,11-12H2,1-5H3,(H,25,28). The number of anilines is 1. The van der Waals surface area contributed by atoms with Gasteiger partial charge >= 0.3 is 0 Å². The van der Waals surface area contributed by atoms with E-state index in [4.69, 9.17) is 9.47 Å². The number of benzene rings is 1. The van der Waals surface area contributed by atoms with Gasteiger partial charge in [-0.15, -0.1) is 0 Å². The van der Waals surface area contributed by atoms with Crippen molar-refractivity contribution in [2.24, 2.45) is 0 Å². The molecule has 2 N–H and O–H groups in total. The van der Waals surface area contributed by atoms with Gasteiger partial charge in [0, 0.05) is 24.0 Å². The van der Waals surface area contributed by atoms with Crippen LogP contribution in [0.1, 0.15) is 22.6 Å². The van der Waals surface area contributed by atoms with Crippen LogP contribution in [0.2, 0.25) is 0 Å². The average molecular weight is 410 g/mol. The second kappa shape index (κ2) is 9.36. The van der Waals surface area contributed by atoms with Crippen molar-refractivity contribution in [1.82, 2.24) is 25.1 Å². The topological polar surface area (TPSA) is 103 Å². The second-order valence-electron chi connectivity index (χ2n) is 6.87. The summed E-state index contributed by atoms with van der Waals surface area (Å²) in [5.74, 6) is 2.07. The van der Waals surface area contributed by atoms with Gasteiger partial charge in [-0.3, -0.25) is 4.79 Å². The van der Waals surface area contributed by atoms with Crippen LogP contribution in [0.25, 0.3) is 5.95 Å². The van der Waals surface area contributed by atoms with Crippen LogP contribution in [0, 0.1) is 20.8 Å². The summed E-state index contributed by atoms with van der Waals surface area (Å²) >= 11 is 0. The molecule has 0 aliphatic rings. The Morgan fingerprint density at radius 2 is 1.67 bits per heavy atom. The summed E-state index contributed by atoms with van der Waals surface area (Å²) in [5.41, 5.74) is 3.40. The van der Waals surface area contributed by atoms with Crippen molar-refractivity contribution >= 4 is 11.7 Å². The molecule has 0 spiro atoms. The number of ether oxygens (including phenoxy) is 2. The van der Waals surface area contributed by atoms with Gasteiger partial charge in [0.05, 0.1) is 26.5 Å². The zero-order chi connectivity index (χ0) is 21.7. The van der Waals surface area contributed by atoms with Crippen LogP contribution in [-0.4, -0.2) is 46.4 Å². The van der Waals surface area contributed by atoms with Gasteiger partial charge in [0.2, 0.25) is 5.91 Å². The number of rotatable bonds is 8. The SMILES string of the molecule is COc1ccc(CNCC(=O)Nc2cc(C)nn2-c2nc(C)cc(C)n2)cc1OC. The largest absolute Gasteiger partial charge is 0.493 e. The van der Waals surface area contributed by atoms with Crippen molar-refractivity contribution in [3.8, 4) is 17.4 Å². The van der Waals surface area contributed by atoms with E-state index in [1.54, 1.807) is 25.0 Å². The molecule has 0 unspecified atom stereocenters. The minimum Gasteiger partial charge on any atom is -0.493 e. The molecule has 3 rings (SSSR count). The average Bonchev–Trinajstić information content (AvgIpc) is 3.07. The number of amides is 1. The lowest BCUT2D eigenvalue weighted by atomic mass is 10.2. The van der Waals surface area contributed by atoms with Gasteiger partial charge in [0.25, 0.3) is 5.95 Å². The molecular weight excluding hydrogens is 384 g/mol. The Morgan fingerprint density at radius 1 is 0.967 bits per heavy atom. The molecule has 9 heteroatoms. The number of hydrogen-bond acceptors (Lipinski definition) is 7. The zero-order valence-electron chi connectivity index (χ0n) is 17.8. The molecule has 1 amide bonds. The van der Waals surface area contributed by atoms with Crippen molar-refractivity contribution in [2.75, 3.05) is 26.1 Å². The van der Waals surface area contributed by atoms with E-state index in [0.717, 1.165) is 22.6 Å². The van der Waals surface area contributed by atoms with Crippen LogP contribution < -0.4 is 20.1 Å². The predicted octanol–water partition coefficient (Wildman–Crippen LogP) is 2.33. The first kappa shape index (κ1) is 21.3. The highest BCUT2D eigenvalue weighted by Crippen LogP contribution is 2.27. The van der Waals surface area contributed by atoms with Gasteiger partial charge in [0.1, 0.15) is 5.82 Å². The Morgan fingerprint density at radius 3 is 2.33 bits per heavy atom. The van der Waals surface area contributed by atoms with E-state index in [2.05, 4.69) is 25.7 Å². The Bertz CT molecular complexity index is 1030. The lowest BCUT2D eigenvalue weighted by Gasteiger charge is -2.11. The molecule has 0 aliphatic heterocycles. The van der Waals surface area contributed by atoms with Crippen LogP contribution in [0.3, 0.4) is 0 Å². The van der Waals surface area contributed by atoms with Crippen LogP contribution in [0.4, 0.5) is 5.82 Å². The molecular formula is C21H26N6O3. The molecule has 0 bridgehead atoms. The summed E-state index contributed by atoms with van der Waals surface area (Å²) in [6.07, 6.45) is 0. The zero-order valence-corrected chi connectivity index (χ0v) is 17.8. The van der Waals surface area contributed by atoms with E-state index < -0.39 is 0 Å². The molecule has 2 aromatic heterocycles. The summed E-state index contributed by atoms with van der Waals surface area (Å²) in [6.45, 7) is 6.28. The molecule has 0 aliphatic carbocycles. The first-order valence-electron chi connectivity index (χ1n) is 9.50. The van der Waals surface area contributed by atoms with E-state index in [-0.39, 0.29) is 12.5 Å². The fraction of sp³-hybridized carbons (Fsp3) is 0.333. The third-order valence-electron chi connectivity index (χ3n) is 4.32. The Kier molecular flexibility index (Phi) is 6.63. The molecule has 2 heterocycles. The maximum Gasteiger partial charge on any atom is 0.252 e. The van der Waals surface area contributed by atoms with Crippen molar-refractivity contribution in [1.29, 1.82) is 0 Å². The Balaban J connectivity index is 1.63. The van der Waals surface area contributed by atoms with Gasteiger partial charge in [-0.05, 0) is 44.5 Å². The van der Waals surface area contributed by atoms with Gasteiger partial charge in [-0.1, -0.05) is 6.07 Å². The van der Waals surface area contributed by atoms with Crippen molar-refractivity contribution in [3.05, 3.63) is 53.0 Å². The number of nitrogens with one attached hydrogen (secondary N) is 2. The van der Waals surface area contributed by atoms with E-state index in [0.29, 0.717) is 29.8 Å². The number of hydrogen-bond donors (Lipinski definition) is 2. The highest BCUT2D eigenvalue weighted by atomic mass is 16.5. The maximum absolute atomic E-state index is 12.5. The van der Waals surface area contributed by atoms with Crippen molar-refractivity contribution < 1.29 is 14.3 Å². The first-order valence-corrected chi connectivity index (χ1v) is 9.50. The van der Waals surface area contributed by atoms with Gasteiger partial charge in [-0.2, -0.15) is 9.78 Å². The molecule has 0 radical (unpaired) electrons. The summed E-state index contributed by atoms with van der Waals surface area (Å²) in [4.78, 5) is 21.3. The molecule has 0 atom stereocenters. The number of aromatic nitrogens is 4. The van der Waals surface area contributed by atoms with Crippen LogP contribution in [0.15, 0.2) is 30.3 Å². The first-order chi connectivity index (χ1) is 14.4. The Hall–Kier alpha value is -3.46.